The predicted molar refractivity (Wildman–Crippen MR) is 142 cm³/mol. The third kappa shape index (κ3) is 5.96. The van der Waals surface area contributed by atoms with Crippen molar-refractivity contribution in [2.75, 3.05) is 0 Å². The molecule has 2 aromatic rings. The van der Waals surface area contributed by atoms with Crippen molar-refractivity contribution in [3.05, 3.63) is 33.4 Å². The maximum atomic E-state index is 13.8. The van der Waals surface area contributed by atoms with Gasteiger partial charge in [0, 0.05) is 22.5 Å². The summed E-state index contributed by atoms with van der Waals surface area (Å²) in [6, 6.07) is 1.31. The Labute approximate surface area is 225 Å². The second kappa shape index (κ2) is 11.2. The van der Waals surface area contributed by atoms with Gasteiger partial charge in [-0.25, -0.2) is 4.79 Å². The van der Waals surface area contributed by atoms with E-state index in [1.807, 2.05) is 6.92 Å². The number of nitrogens with two attached hydrogens (primary N) is 1. The van der Waals surface area contributed by atoms with E-state index in [9.17, 15) is 24.3 Å². The molecule has 1 heterocycles. The van der Waals surface area contributed by atoms with Gasteiger partial charge in [0.2, 0.25) is 17.7 Å². The van der Waals surface area contributed by atoms with Crippen molar-refractivity contribution in [3.63, 3.8) is 0 Å². The Morgan fingerprint density at radius 1 is 1.14 bits per heavy atom. The first kappa shape index (κ1) is 28.6. The van der Waals surface area contributed by atoms with E-state index < -0.39 is 41.4 Å². The number of aromatic nitrogens is 1. The molecule has 0 spiro atoms. The first-order valence-corrected chi connectivity index (χ1v) is 13.0. The van der Waals surface area contributed by atoms with Gasteiger partial charge in [0.25, 0.3) is 0 Å². The molecule has 37 heavy (non-hydrogen) atoms. The fraction of sp³-hybridized carbons (Fsp3) is 0.520. The minimum absolute atomic E-state index is 0.0699. The molecule has 4 amide bonds. The first-order valence-electron chi connectivity index (χ1n) is 12.2. The lowest BCUT2D eigenvalue weighted by Gasteiger charge is -2.39. The highest BCUT2D eigenvalue weighted by atomic mass is 35.5. The molecule has 10 nitrogen and oxygen atoms in total. The number of hydrogen-bond donors (Lipinski definition) is 6. The lowest BCUT2D eigenvalue weighted by atomic mass is 9.78. The van der Waals surface area contributed by atoms with Crippen molar-refractivity contribution in [2.24, 2.45) is 17.6 Å². The molecule has 4 atom stereocenters. The minimum Gasteiger partial charge on any atom is -0.465 e. The van der Waals surface area contributed by atoms with Gasteiger partial charge in [0.1, 0.15) is 17.6 Å². The van der Waals surface area contributed by atoms with Crippen LogP contribution in [0.2, 0.25) is 10.0 Å². The van der Waals surface area contributed by atoms with Gasteiger partial charge < -0.3 is 31.8 Å². The number of H-pyrrole nitrogens is 1. The van der Waals surface area contributed by atoms with Crippen LogP contribution in [-0.4, -0.2) is 51.5 Å². The maximum absolute atomic E-state index is 13.8. The zero-order valence-corrected chi connectivity index (χ0v) is 22.7. The summed E-state index contributed by atoms with van der Waals surface area (Å²) in [7, 11) is 0. The summed E-state index contributed by atoms with van der Waals surface area (Å²) in [5.74, 6) is -2.54. The number of aromatic amines is 1. The van der Waals surface area contributed by atoms with Crippen molar-refractivity contribution < 1.29 is 24.3 Å². The van der Waals surface area contributed by atoms with Crippen molar-refractivity contribution >= 4 is 57.9 Å². The molecule has 1 aromatic heterocycles. The minimum atomic E-state index is -1.48. The van der Waals surface area contributed by atoms with Crippen LogP contribution in [-0.2, 0) is 27.2 Å². The highest BCUT2D eigenvalue weighted by Gasteiger charge is 2.46. The Kier molecular flexibility index (Phi) is 8.64. The number of amides is 4. The van der Waals surface area contributed by atoms with E-state index in [1.54, 1.807) is 32.9 Å². The van der Waals surface area contributed by atoms with Crippen LogP contribution in [0.25, 0.3) is 10.9 Å². The molecule has 1 unspecified atom stereocenters. The molecule has 7 N–H and O–H groups in total. The summed E-state index contributed by atoms with van der Waals surface area (Å²) in [5, 5.41) is 18.7. The van der Waals surface area contributed by atoms with Crippen molar-refractivity contribution in [3.8, 4) is 0 Å². The van der Waals surface area contributed by atoms with E-state index in [0.29, 0.717) is 28.4 Å². The molecule has 3 rings (SSSR count). The predicted octanol–water partition coefficient (Wildman–Crippen LogP) is 3.13. The van der Waals surface area contributed by atoms with E-state index in [2.05, 4.69) is 20.9 Å². The van der Waals surface area contributed by atoms with E-state index >= 15 is 0 Å². The molecule has 0 bridgehead atoms. The molecule has 0 saturated heterocycles. The normalized spacial score (nSPS) is 19.5. The molecular weight excluding hydrogens is 521 g/mol. The molecule has 0 fully saturated rings. The van der Waals surface area contributed by atoms with Crippen LogP contribution in [0.3, 0.4) is 0 Å². The van der Waals surface area contributed by atoms with Crippen LogP contribution < -0.4 is 21.7 Å². The third-order valence-corrected chi connectivity index (χ3v) is 7.65. The Hall–Kier alpha value is -2.98. The van der Waals surface area contributed by atoms with Crippen molar-refractivity contribution in [1.29, 1.82) is 0 Å². The van der Waals surface area contributed by atoms with Gasteiger partial charge in [0.05, 0.1) is 10.5 Å². The lowest BCUT2D eigenvalue weighted by molar-refractivity contribution is -0.137. The molecule has 0 radical (unpaired) electrons. The summed E-state index contributed by atoms with van der Waals surface area (Å²) in [6.45, 7) is 7.08. The Morgan fingerprint density at radius 3 is 2.38 bits per heavy atom. The number of carboxylic acid groups (broad SMARTS) is 1. The summed E-state index contributed by atoms with van der Waals surface area (Å²) in [6.07, 6.45) is -0.174. The number of carbonyl (C=O) groups excluding carboxylic acids is 3. The Bertz CT molecular complexity index is 1230. The topological polar surface area (TPSA) is 166 Å². The number of benzene rings is 1. The number of aryl methyl sites for hydroxylation is 1. The number of halogens is 2. The number of rotatable bonds is 9. The molecule has 12 heteroatoms. The third-order valence-electron chi connectivity index (χ3n) is 7.13. The van der Waals surface area contributed by atoms with Gasteiger partial charge in [-0.3, -0.25) is 14.4 Å². The van der Waals surface area contributed by atoms with Crippen LogP contribution in [0.4, 0.5) is 4.79 Å². The average molecular weight is 554 g/mol. The zero-order valence-electron chi connectivity index (χ0n) is 21.2. The number of hydrogen-bond acceptors (Lipinski definition) is 4. The van der Waals surface area contributed by atoms with Gasteiger partial charge >= 0.3 is 6.09 Å². The molecular formula is C25H33Cl2N5O5. The molecule has 0 saturated carbocycles. The van der Waals surface area contributed by atoms with Crippen LogP contribution >= 0.6 is 23.2 Å². The second-order valence-corrected chi connectivity index (χ2v) is 10.9. The molecule has 1 aliphatic carbocycles. The zero-order chi connectivity index (χ0) is 27.7. The summed E-state index contributed by atoms with van der Waals surface area (Å²) >= 11 is 12.7. The van der Waals surface area contributed by atoms with Gasteiger partial charge in [-0.15, -0.1) is 0 Å². The highest BCUT2D eigenvalue weighted by Crippen LogP contribution is 2.38. The van der Waals surface area contributed by atoms with Crippen molar-refractivity contribution in [2.45, 2.75) is 71.0 Å². The van der Waals surface area contributed by atoms with E-state index in [0.717, 1.165) is 16.6 Å². The first-order chi connectivity index (χ1) is 17.3. The van der Waals surface area contributed by atoms with Gasteiger partial charge in [-0.05, 0) is 42.4 Å². The van der Waals surface area contributed by atoms with Crippen LogP contribution in [0.1, 0.15) is 51.8 Å². The lowest BCUT2D eigenvalue weighted by Crippen LogP contribution is -2.67. The molecule has 1 aliphatic rings. The number of primary amides is 1. The number of fused-ring (bicyclic) bond motifs is 3. The molecule has 1 aromatic carbocycles. The van der Waals surface area contributed by atoms with Crippen LogP contribution in [0, 0.1) is 11.8 Å². The Balaban J connectivity index is 2.08. The van der Waals surface area contributed by atoms with Crippen LogP contribution in [0.15, 0.2) is 12.1 Å². The van der Waals surface area contributed by atoms with E-state index in [4.69, 9.17) is 28.9 Å². The smallest absolute Gasteiger partial charge is 0.405 e. The standard InChI is InChI=1S/C25H33Cl2N5O5/c1-5-12(4)19(31-24(36)37)22(34)32-25(23(35)30-18(11(2)3)21(28)33)7-6-17-15(10-25)14-8-13(26)9-16(27)20(14)29-17/h8-9,11-12,18-19,29,31H,5-7,10H2,1-4H3,(H2,28,33)(H,30,35)(H,32,34)(H,36,37)/t12?,18-,19-,25+/m0/s1. The second-order valence-electron chi connectivity index (χ2n) is 10.1. The van der Waals surface area contributed by atoms with Gasteiger partial charge in [-0.1, -0.05) is 57.3 Å². The van der Waals surface area contributed by atoms with E-state index in [-0.39, 0.29) is 24.7 Å². The van der Waals surface area contributed by atoms with Crippen LogP contribution in [0.5, 0.6) is 0 Å². The number of nitrogens with one attached hydrogen (secondary N) is 4. The summed E-state index contributed by atoms with van der Waals surface area (Å²) in [5.41, 5.74) is 6.33. The molecule has 0 aliphatic heterocycles. The largest absolute Gasteiger partial charge is 0.465 e. The fourth-order valence-electron chi connectivity index (χ4n) is 4.82. The van der Waals surface area contributed by atoms with Crippen molar-refractivity contribution in [1.82, 2.24) is 20.9 Å². The van der Waals surface area contributed by atoms with Gasteiger partial charge in [-0.2, -0.15) is 0 Å². The fourth-order valence-corrected chi connectivity index (χ4v) is 5.36. The summed E-state index contributed by atoms with van der Waals surface area (Å²) in [4.78, 5) is 54.1. The number of carbonyl (C=O) groups is 4. The average Bonchev–Trinajstić information content (AvgIpc) is 3.17. The van der Waals surface area contributed by atoms with Gasteiger partial charge in [0.15, 0.2) is 0 Å². The van der Waals surface area contributed by atoms with E-state index in [1.165, 1.54) is 0 Å². The Morgan fingerprint density at radius 2 is 1.81 bits per heavy atom. The highest BCUT2D eigenvalue weighted by molar-refractivity contribution is 6.38. The maximum Gasteiger partial charge on any atom is 0.405 e. The monoisotopic (exact) mass is 553 g/mol. The molecule has 202 valence electrons. The summed E-state index contributed by atoms with van der Waals surface area (Å²) < 4.78 is 0. The SMILES string of the molecule is CCC(C)[C@H](NC(=O)O)C(=O)N[C@]1(C(=O)N[C@H](C(N)=O)C(C)C)CCc2[nH]c3c(Cl)cc(Cl)cc3c2C1. The quantitative estimate of drug-likeness (QED) is 0.280.